The van der Waals surface area contributed by atoms with Crippen LogP contribution < -0.4 is 0 Å². The van der Waals surface area contributed by atoms with Crippen molar-refractivity contribution in [2.24, 2.45) is 0 Å². The summed E-state index contributed by atoms with van der Waals surface area (Å²) in [4.78, 5) is 0. The van der Waals surface area contributed by atoms with E-state index in [1.807, 2.05) is 12.5 Å². The van der Waals surface area contributed by atoms with Gasteiger partial charge in [0, 0.05) is 0 Å². The summed E-state index contributed by atoms with van der Waals surface area (Å²) in [6, 6.07) is 0. The monoisotopic (exact) mass is 131 g/mol. The largest absolute Gasteiger partial charge is 0.156 e. The van der Waals surface area contributed by atoms with Crippen LogP contribution in [0.5, 0.6) is 0 Å². The van der Waals surface area contributed by atoms with Gasteiger partial charge in [-0.1, -0.05) is 5.92 Å². The first-order chi connectivity index (χ1) is 3.35. The van der Waals surface area contributed by atoms with Gasteiger partial charge in [-0.2, -0.15) is 0 Å². The lowest BCUT2D eigenvalue weighted by Crippen LogP contribution is -1.73. The van der Waals surface area contributed by atoms with Crippen LogP contribution in [0.3, 0.4) is 0 Å². The van der Waals surface area contributed by atoms with Crippen molar-refractivity contribution in [3.63, 3.8) is 0 Å². The topological polar surface area (TPSA) is 0 Å². The molecule has 0 aromatic carbocycles. The van der Waals surface area contributed by atoms with Crippen molar-refractivity contribution in [1.29, 1.82) is 0 Å². The second kappa shape index (κ2) is 4.42. The molecular weight excluding hydrogens is 124 g/mol. The molecule has 0 aromatic heterocycles. The lowest BCUT2D eigenvalue weighted by molar-refractivity contribution is 2.11. The van der Waals surface area contributed by atoms with E-state index in [9.17, 15) is 0 Å². The van der Waals surface area contributed by atoms with Gasteiger partial charge in [-0.25, -0.2) is 0 Å². The Balaban J connectivity index is 3.23. The Hall–Kier alpha value is 0.260. The van der Waals surface area contributed by atoms with E-state index in [1.165, 1.54) is 0 Å². The van der Waals surface area contributed by atoms with E-state index in [4.69, 9.17) is 6.42 Å². The molecule has 0 N–H and O–H groups in total. The number of rotatable bonds is 2. The summed E-state index contributed by atoms with van der Waals surface area (Å²) in [5.74, 6) is 2.54. The zero-order valence-electron chi connectivity index (χ0n) is 4.39. The number of hydrogen-bond acceptors (Lipinski definition) is 2. The minimum Gasteiger partial charge on any atom is -0.132 e. The van der Waals surface area contributed by atoms with Crippen molar-refractivity contribution >= 4 is 23.5 Å². The Morgan fingerprint density at radius 1 is 1.43 bits per heavy atom. The maximum Gasteiger partial charge on any atom is 0.156 e. The summed E-state index contributed by atoms with van der Waals surface area (Å²) in [6.45, 7) is 0. The SMILES string of the molecule is C#C[C](SC)SC. The minimum atomic E-state index is 1.04. The van der Waals surface area contributed by atoms with Crippen LogP contribution >= 0.6 is 23.5 Å². The summed E-state index contributed by atoms with van der Waals surface area (Å²) in [7, 11) is 0. The van der Waals surface area contributed by atoms with Crippen LogP contribution in [0.2, 0.25) is 0 Å². The van der Waals surface area contributed by atoms with Crippen LogP contribution in [0.15, 0.2) is 0 Å². The van der Waals surface area contributed by atoms with E-state index < -0.39 is 0 Å². The van der Waals surface area contributed by atoms with Crippen LogP contribution in [-0.4, -0.2) is 12.5 Å². The molecule has 0 nitrogen and oxygen atoms in total. The Labute approximate surface area is 53.4 Å². The van der Waals surface area contributed by atoms with Gasteiger partial charge in [0.05, 0.1) is 0 Å². The molecule has 0 saturated heterocycles. The molecule has 0 fully saturated rings. The molecule has 0 bridgehead atoms. The Bertz CT molecular complexity index is 68.6. The molecule has 0 aromatic rings. The summed E-state index contributed by atoms with van der Waals surface area (Å²) in [5.41, 5.74) is 0. The number of thioether (sulfide) groups is 2. The fourth-order valence-electron chi connectivity index (χ4n) is 0.201. The first-order valence-corrected chi connectivity index (χ1v) is 4.21. The first kappa shape index (κ1) is 7.26. The predicted octanol–water partition coefficient (Wildman–Crippen LogP) is 1.84. The van der Waals surface area contributed by atoms with E-state index in [0.29, 0.717) is 0 Å². The van der Waals surface area contributed by atoms with E-state index in [0.717, 1.165) is 4.58 Å². The van der Waals surface area contributed by atoms with Gasteiger partial charge in [0.1, 0.15) is 0 Å². The van der Waals surface area contributed by atoms with E-state index >= 15 is 0 Å². The molecule has 0 rings (SSSR count). The van der Waals surface area contributed by atoms with Gasteiger partial charge in [-0.15, -0.1) is 29.9 Å². The van der Waals surface area contributed by atoms with E-state index in [-0.39, 0.29) is 0 Å². The van der Waals surface area contributed by atoms with Crippen molar-refractivity contribution < 1.29 is 0 Å². The Morgan fingerprint density at radius 3 is 1.86 bits per heavy atom. The van der Waals surface area contributed by atoms with Crippen molar-refractivity contribution in [2.75, 3.05) is 12.5 Å². The average Bonchev–Trinajstić information content (AvgIpc) is 1.72. The smallest absolute Gasteiger partial charge is 0.132 e. The zero-order chi connectivity index (χ0) is 5.70. The van der Waals surface area contributed by atoms with Crippen LogP contribution in [0, 0.1) is 16.9 Å². The molecule has 0 saturated carbocycles. The Morgan fingerprint density at radius 2 is 1.86 bits per heavy atom. The molecule has 2 heteroatoms. The molecule has 0 aliphatic carbocycles. The van der Waals surface area contributed by atoms with Crippen molar-refractivity contribution in [3.8, 4) is 12.3 Å². The van der Waals surface area contributed by atoms with Gasteiger partial charge in [0.25, 0.3) is 0 Å². The van der Waals surface area contributed by atoms with E-state index in [1.54, 1.807) is 23.5 Å². The third kappa shape index (κ3) is 2.90. The molecule has 1 radical (unpaired) electrons. The fraction of sp³-hybridized carbons (Fsp3) is 0.400. The third-order valence-electron chi connectivity index (χ3n) is 0.489. The van der Waals surface area contributed by atoms with Crippen LogP contribution in [-0.2, 0) is 0 Å². The highest BCUT2D eigenvalue weighted by atomic mass is 32.2. The second-order valence-electron chi connectivity index (χ2n) is 0.840. The van der Waals surface area contributed by atoms with Gasteiger partial charge < -0.3 is 0 Å². The minimum absolute atomic E-state index is 1.04. The van der Waals surface area contributed by atoms with Crippen molar-refractivity contribution in [2.45, 2.75) is 0 Å². The molecular formula is C5H7S2. The highest BCUT2D eigenvalue weighted by Gasteiger charge is 1.96. The standard InChI is InChI=1S/C5H7S2/c1-4-5(6-2)7-3/h1H,2-3H3. The van der Waals surface area contributed by atoms with Crippen LogP contribution in [0.4, 0.5) is 0 Å². The molecule has 39 valence electrons. The normalized spacial score (nSPS) is 8.86. The van der Waals surface area contributed by atoms with Crippen LogP contribution in [0.1, 0.15) is 0 Å². The predicted molar refractivity (Wildman–Crippen MR) is 39.1 cm³/mol. The fourth-order valence-corrected chi connectivity index (χ4v) is 1.10. The third-order valence-corrected chi connectivity index (χ3v) is 2.47. The number of terminal acetylenes is 1. The highest BCUT2D eigenvalue weighted by molar-refractivity contribution is 8.20. The van der Waals surface area contributed by atoms with Crippen molar-refractivity contribution in [3.05, 3.63) is 4.58 Å². The van der Waals surface area contributed by atoms with Crippen LogP contribution in [0.25, 0.3) is 0 Å². The maximum absolute atomic E-state index is 5.07. The summed E-state index contributed by atoms with van der Waals surface area (Å²) >= 11 is 3.23. The molecule has 0 heterocycles. The molecule has 0 atom stereocenters. The van der Waals surface area contributed by atoms with Crippen molar-refractivity contribution in [1.82, 2.24) is 0 Å². The van der Waals surface area contributed by atoms with Gasteiger partial charge in [-0.3, -0.25) is 0 Å². The zero-order valence-corrected chi connectivity index (χ0v) is 6.03. The van der Waals surface area contributed by atoms with Gasteiger partial charge in [-0.05, 0) is 12.5 Å². The summed E-state index contributed by atoms with van der Waals surface area (Å²) in [6.07, 6.45) is 9.02. The molecule has 7 heavy (non-hydrogen) atoms. The van der Waals surface area contributed by atoms with Gasteiger partial charge >= 0.3 is 0 Å². The average molecular weight is 131 g/mol. The lowest BCUT2D eigenvalue weighted by atomic mass is 10.8. The number of hydrogen-bond donors (Lipinski definition) is 0. The molecule has 0 aliphatic rings. The lowest BCUT2D eigenvalue weighted by Gasteiger charge is -1.96. The van der Waals surface area contributed by atoms with Gasteiger partial charge in [0.2, 0.25) is 0 Å². The maximum atomic E-state index is 5.07. The highest BCUT2D eigenvalue weighted by Crippen LogP contribution is 2.25. The molecule has 0 unspecified atom stereocenters. The second-order valence-corrected chi connectivity index (χ2v) is 2.73. The Kier molecular flexibility index (Phi) is 4.58. The quantitative estimate of drug-likeness (QED) is 0.524. The summed E-state index contributed by atoms with van der Waals surface area (Å²) < 4.78 is 1.04. The molecule has 0 aliphatic heterocycles. The van der Waals surface area contributed by atoms with E-state index in [2.05, 4.69) is 5.92 Å². The van der Waals surface area contributed by atoms with Gasteiger partial charge in [0.15, 0.2) is 4.58 Å². The summed E-state index contributed by atoms with van der Waals surface area (Å²) in [5, 5.41) is 0. The molecule has 0 spiro atoms. The first-order valence-electron chi connectivity index (χ1n) is 1.76. The molecule has 0 amide bonds.